The molecule has 0 bridgehead atoms. The second kappa shape index (κ2) is 3.19. The maximum Gasteiger partial charge on any atom is 0.326 e. The molecular formula is C14H9N4S+. The molecular weight excluding hydrogens is 256 g/mol. The molecule has 0 saturated heterocycles. The van der Waals surface area contributed by atoms with E-state index in [0.29, 0.717) is 0 Å². The van der Waals surface area contributed by atoms with Crippen molar-refractivity contribution in [3.63, 3.8) is 0 Å². The lowest BCUT2D eigenvalue weighted by molar-refractivity contribution is -0.644. The van der Waals surface area contributed by atoms with Crippen LogP contribution >= 0.6 is 11.3 Å². The highest BCUT2D eigenvalue weighted by atomic mass is 32.1. The molecule has 1 aliphatic heterocycles. The number of hydrogen-bond donors (Lipinski definition) is 0. The van der Waals surface area contributed by atoms with Crippen LogP contribution in [0.5, 0.6) is 0 Å². The fraction of sp³-hybridized carbons (Fsp3) is 0.0714. The number of fused-ring (bicyclic) bond motifs is 7. The van der Waals surface area contributed by atoms with Gasteiger partial charge in [-0.05, 0) is 18.2 Å². The average molecular weight is 265 g/mol. The van der Waals surface area contributed by atoms with Crippen molar-refractivity contribution in [2.45, 2.75) is 6.54 Å². The Balaban J connectivity index is 1.94. The fourth-order valence-corrected chi connectivity index (χ4v) is 4.05. The summed E-state index contributed by atoms with van der Waals surface area (Å²) < 4.78 is 5.64. The molecule has 19 heavy (non-hydrogen) atoms. The lowest BCUT2D eigenvalue weighted by atomic mass is 10.2. The Bertz CT molecular complexity index is 951. The largest absolute Gasteiger partial charge is 0.326 e. The second-order valence-electron chi connectivity index (χ2n) is 4.72. The second-order valence-corrected chi connectivity index (χ2v) is 5.75. The van der Waals surface area contributed by atoms with E-state index in [9.17, 15) is 0 Å². The van der Waals surface area contributed by atoms with Crippen LogP contribution in [0.3, 0.4) is 0 Å². The minimum absolute atomic E-state index is 0.913. The molecule has 1 aliphatic rings. The van der Waals surface area contributed by atoms with E-state index in [1.807, 2.05) is 40.5 Å². The summed E-state index contributed by atoms with van der Waals surface area (Å²) in [6.45, 7) is 0.913. The van der Waals surface area contributed by atoms with Crippen LogP contribution in [0.15, 0.2) is 42.9 Å². The van der Waals surface area contributed by atoms with E-state index in [0.717, 1.165) is 12.1 Å². The minimum atomic E-state index is 0.913. The third-order valence-electron chi connectivity index (χ3n) is 3.66. The zero-order valence-electron chi connectivity index (χ0n) is 9.95. The molecule has 90 valence electrons. The van der Waals surface area contributed by atoms with Gasteiger partial charge in [-0.15, -0.1) is 0 Å². The van der Waals surface area contributed by atoms with Gasteiger partial charge in [0.2, 0.25) is 0 Å². The molecule has 0 aliphatic carbocycles. The highest BCUT2D eigenvalue weighted by Gasteiger charge is 2.31. The van der Waals surface area contributed by atoms with Crippen molar-refractivity contribution in [2.24, 2.45) is 0 Å². The summed E-state index contributed by atoms with van der Waals surface area (Å²) in [4.78, 5) is 4.24. The number of aromatic nitrogens is 4. The topological polar surface area (TPSA) is 34.1 Å². The molecule has 4 aromatic heterocycles. The summed E-state index contributed by atoms with van der Waals surface area (Å²) in [5, 5.41) is 5.75. The van der Waals surface area contributed by atoms with Crippen molar-refractivity contribution in [1.29, 1.82) is 0 Å². The van der Waals surface area contributed by atoms with Crippen molar-refractivity contribution < 1.29 is 4.57 Å². The van der Waals surface area contributed by atoms with E-state index >= 15 is 0 Å². The van der Waals surface area contributed by atoms with E-state index in [-0.39, 0.29) is 0 Å². The molecule has 0 saturated carbocycles. The smallest absolute Gasteiger partial charge is 0.264 e. The third-order valence-corrected chi connectivity index (χ3v) is 4.81. The average Bonchev–Trinajstić information content (AvgIpc) is 3.05. The number of nitrogens with zero attached hydrogens (tertiary/aromatic N) is 4. The van der Waals surface area contributed by atoms with E-state index in [1.54, 1.807) is 0 Å². The van der Waals surface area contributed by atoms with Crippen LogP contribution in [0.1, 0.15) is 5.56 Å². The van der Waals surface area contributed by atoms with Crippen molar-refractivity contribution in [1.82, 2.24) is 14.6 Å². The lowest BCUT2D eigenvalue weighted by Gasteiger charge is -1.91. The molecule has 0 radical (unpaired) electrons. The first-order chi connectivity index (χ1) is 9.42. The van der Waals surface area contributed by atoms with E-state index < -0.39 is 0 Å². The number of thiazole rings is 1. The highest BCUT2D eigenvalue weighted by molar-refractivity contribution is 7.21. The third kappa shape index (κ3) is 1.11. The van der Waals surface area contributed by atoms with Crippen LogP contribution in [-0.2, 0) is 6.54 Å². The molecule has 0 atom stereocenters. The zero-order chi connectivity index (χ0) is 12.4. The summed E-state index contributed by atoms with van der Waals surface area (Å²) in [7, 11) is 0. The van der Waals surface area contributed by atoms with Gasteiger partial charge >= 0.3 is 5.65 Å². The normalized spacial score (nSPS) is 13.1. The molecule has 0 unspecified atom stereocenters. The molecule has 4 aromatic rings. The maximum atomic E-state index is 4.47. The minimum Gasteiger partial charge on any atom is -0.264 e. The highest BCUT2D eigenvalue weighted by Crippen LogP contribution is 2.35. The first kappa shape index (κ1) is 9.63. The van der Waals surface area contributed by atoms with E-state index in [4.69, 9.17) is 0 Å². The van der Waals surface area contributed by atoms with Gasteiger partial charge in [0.05, 0.1) is 11.8 Å². The van der Waals surface area contributed by atoms with Gasteiger partial charge in [0, 0.05) is 24.0 Å². The molecule has 5 heteroatoms. The first-order valence-electron chi connectivity index (χ1n) is 6.14. The van der Waals surface area contributed by atoms with Gasteiger partial charge in [0.25, 0.3) is 0 Å². The monoisotopic (exact) mass is 265 g/mol. The number of pyridine rings is 1. The molecule has 0 amide bonds. The van der Waals surface area contributed by atoms with Gasteiger partial charge in [-0.25, -0.2) is 4.57 Å². The van der Waals surface area contributed by atoms with Gasteiger partial charge in [-0.3, -0.25) is 4.98 Å². The summed E-state index contributed by atoms with van der Waals surface area (Å²) in [6, 6.07) is 8.37. The first-order valence-corrected chi connectivity index (χ1v) is 6.96. The lowest BCUT2D eigenvalue weighted by Crippen LogP contribution is -2.31. The van der Waals surface area contributed by atoms with Crippen LogP contribution in [0, 0.1) is 0 Å². The Kier molecular flexibility index (Phi) is 1.62. The van der Waals surface area contributed by atoms with E-state index in [1.165, 1.54) is 26.5 Å². The summed E-state index contributed by atoms with van der Waals surface area (Å²) in [6.07, 6.45) is 5.66. The Morgan fingerprint density at radius 3 is 3.26 bits per heavy atom. The summed E-state index contributed by atoms with van der Waals surface area (Å²) in [5.41, 5.74) is 4.93. The predicted octanol–water partition coefficient (Wildman–Crippen LogP) is 2.26. The molecule has 0 spiro atoms. The standard InChI is InChI=1S/C14H9N4S/c1-2-10-6-12-13(18(10)16-4-1)17-8-9-3-5-15-7-11(9)14(17)19-12/h1-7H,8H2/q+1. The SMILES string of the molecule is c1cnn2c(c1)cc1sc3[n+](c12)Cc1ccncc1-3. The van der Waals surface area contributed by atoms with E-state index in [2.05, 4.69) is 32.8 Å². The van der Waals surface area contributed by atoms with Crippen LogP contribution in [-0.4, -0.2) is 14.6 Å². The molecule has 4 nitrogen and oxygen atoms in total. The van der Waals surface area contributed by atoms with Gasteiger partial charge in [-0.1, -0.05) is 21.0 Å². The van der Waals surface area contributed by atoms with Crippen molar-refractivity contribution in [2.75, 3.05) is 0 Å². The van der Waals surface area contributed by atoms with Crippen LogP contribution in [0.25, 0.3) is 26.4 Å². The number of rotatable bonds is 0. The van der Waals surface area contributed by atoms with Crippen molar-refractivity contribution >= 4 is 27.2 Å². The summed E-state index contributed by atoms with van der Waals surface area (Å²) >= 11 is 1.82. The van der Waals surface area contributed by atoms with Crippen LogP contribution in [0.4, 0.5) is 0 Å². The van der Waals surface area contributed by atoms with Crippen molar-refractivity contribution in [3.8, 4) is 10.6 Å². The molecule has 0 fully saturated rings. The summed E-state index contributed by atoms with van der Waals surface area (Å²) in [5.74, 6) is 0. The Labute approximate surface area is 112 Å². The van der Waals surface area contributed by atoms with Crippen molar-refractivity contribution in [3.05, 3.63) is 48.4 Å². The van der Waals surface area contributed by atoms with Gasteiger partial charge in [-0.2, -0.15) is 0 Å². The predicted molar refractivity (Wildman–Crippen MR) is 73.1 cm³/mol. The van der Waals surface area contributed by atoms with Crippen LogP contribution < -0.4 is 4.57 Å². The Morgan fingerprint density at radius 2 is 2.26 bits per heavy atom. The fourth-order valence-electron chi connectivity index (χ4n) is 2.82. The van der Waals surface area contributed by atoms with Gasteiger partial charge < -0.3 is 0 Å². The molecule has 0 aromatic carbocycles. The van der Waals surface area contributed by atoms with Crippen LogP contribution in [0.2, 0.25) is 0 Å². The Hall–Kier alpha value is -2.27. The van der Waals surface area contributed by atoms with Gasteiger partial charge in [0.1, 0.15) is 11.2 Å². The maximum absolute atomic E-state index is 4.47. The zero-order valence-corrected chi connectivity index (χ0v) is 10.8. The Morgan fingerprint density at radius 1 is 1.26 bits per heavy atom. The van der Waals surface area contributed by atoms with Gasteiger partial charge in [0.15, 0.2) is 10.5 Å². The molecule has 5 heterocycles. The quantitative estimate of drug-likeness (QED) is 0.402. The molecule has 0 N–H and O–H groups in total. The number of hydrogen-bond acceptors (Lipinski definition) is 3. The molecule has 5 rings (SSSR count).